The number of rotatable bonds is 3. The topological polar surface area (TPSA) is 117 Å². The fraction of sp³-hybridized carbons (Fsp3) is 0.222. The summed E-state index contributed by atoms with van der Waals surface area (Å²) in [6.45, 7) is 1.98. The van der Waals surface area contributed by atoms with Crippen LogP contribution in [0, 0.1) is 0 Å². The largest absolute Gasteiger partial charge is 0.462 e. The van der Waals surface area contributed by atoms with Gasteiger partial charge in [-0.15, -0.1) is 11.3 Å². The van der Waals surface area contributed by atoms with Crippen LogP contribution in [0.15, 0.2) is 10.0 Å². The molecule has 4 N–H and O–H groups in total. The third-order valence-electron chi connectivity index (χ3n) is 2.07. The highest BCUT2D eigenvalue weighted by atomic mass is 32.1. The molecule has 0 bridgehead atoms. The van der Waals surface area contributed by atoms with Gasteiger partial charge in [0, 0.05) is 10.9 Å². The molecule has 0 saturated carbocycles. The molecule has 0 aliphatic carbocycles. The molecule has 0 spiro atoms. The molecular formula is C9H10N4O3S. The third kappa shape index (κ3) is 1.94. The van der Waals surface area contributed by atoms with E-state index in [1.807, 2.05) is 0 Å². The summed E-state index contributed by atoms with van der Waals surface area (Å²) in [5.41, 5.74) is 12.3. The van der Waals surface area contributed by atoms with Gasteiger partial charge in [0.25, 0.3) is 0 Å². The summed E-state index contributed by atoms with van der Waals surface area (Å²) in [4.78, 5) is 11.7. The van der Waals surface area contributed by atoms with Gasteiger partial charge in [-0.2, -0.15) is 0 Å². The Labute approximate surface area is 100 Å². The second-order valence-electron chi connectivity index (χ2n) is 3.11. The van der Waals surface area contributed by atoms with Crippen LogP contribution < -0.4 is 11.5 Å². The number of hydrogen-bond acceptors (Lipinski definition) is 8. The van der Waals surface area contributed by atoms with Crippen LogP contribution >= 0.6 is 11.3 Å². The van der Waals surface area contributed by atoms with Crippen molar-refractivity contribution in [1.82, 2.24) is 10.3 Å². The van der Waals surface area contributed by atoms with E-state index in [0.29, 0.717) is 16.3 Å². The van der Waals surface area contributed by atoms with Gasteiger partial charge in [0.2, 0.25) is 0 Å². The molecule has 0 fully saturated rings. The lowest BCUT2D eigenvalue weighted by Gasteiger charge is -2.02. The van der Waals surface area contributed by atoms with E-state index in [1.54, 1.807) is 12.3 Å². The van der Waals surface area contributed by atoms with Crippen molar-refractivity contribution in [2.75, 3.05) is 18.1 Å². The Kier molecular flexibility index (Phi) is 2.96. The average molecular weight is 254 g/mol. The van der Waals surface area contributed by atoms with Crippen molar-refractivity contribution >= 4 is 28.1 Å². The van der Waals surface area contributed by atoms with Crippen LogP contribution in [0.4, 0.5) is 10.8 Å². The van der Waals surface area contributed by atoms with Crippen LogP contribution in [0.25, 0.3) is 11.3 Å². The van der Waals surface area contributed by atoms with E-state index < -0.39 is 5.97 Å². The summed E-state index contributed by atoms with van der Waals surface area (Å²) in [6, 6.07) is 0. The van der Waals surface area contributed by atoms with Crippen molar-refractivity contribution in [2.24, 2.45) is 0 Å². The minimum Gasteiger partial charge on any atom is -0.462 e. The average Bonchev–Trinajstić information content (AvgIpc) is 2.84. The zero-order chi connectivity index (χ0) is 12.4. The molecule has 90 valence electrons. The molecule has 2 rings (SSSR count). The molecule has 0 amide bonds. The molecule has 0 aliphatic rings. The van der Waals surface area contributed by atoms with Crippen LogP contribution in [0.2, 0.25) is 0 Å². The first-order valence-electron chi connectivity index (χ1n) is 4.77. The Hall–Kier alpha value is -2.09. The maximum Gasteiger partial charge on any atom is 0.341 e. The van der Waals surface area contributed by atoms with E-state index in [4.69, 9.17) is 16.2 Å². The molecule has 0 atom stereocenters. The minimum atomic E-state index is -0.511. The molecule has 0 unspecified atom stereocenters. The Bertz CT molecular complexity index is 548. The highest BCUT2D eigenvalue weighted by Crippen LogP contribution is 2.35. The van der Waals surface area contributed by atoms with Gasteiger partial charge in [-0.25, -0.2) is 9.42 Å². The predicted molar refractivity (Wildman–Crippen MR) is 62.4 cm³/mol. The summed E-state index contributed by atoms with van der Waals surface area (Å²) in [6.07, 6.45) is 0. The normalized spacial score (nSPS) is 10.4. The van der Waals surface area contributed by atoms with Crippen molar-refractivity contribution in [1.29, 1.82) is 0 Å². The minimum absolute atomic E-state index is 0.105. The number of thiophene rings is 1. The van der Waals surface area contributed by atoms with E-state index in [2.05, 4.69) is 14.9 Å². The summed E-state index contributed by atoms with van der Waals surface area (Å²) < 4.78 is 9.40. The Balaban J connectivity index is 2.50. The van der Waals surface area contributed by atoms with Crippen molar-refractivity contribution < 1.29 is 14.2 Å². The van der Waals surface area contributed by atoms with Gasteiger partial charge in [-0.1, -0.05) is 0 Å². The van der Waals surface area contributed by atoms with Gasteiger partial charge >= 0.3 is 5.97 Å². The lowest BCUT2D eigenvalue weighted by Crippen LogP contribution is -2.07. The molecule has 0 saturated heterocycles. The maximum atomic E-state index is 11.7. The summed E-state index contributed by atoms with van der Waals surface area (Å²) in [5, 5.41) is 9.10. The Morgan fingerprint density at radius 1 is 1.53 bits per heavy atom. The molecule has 17 heavy (non-hydrogen) atoms. The van der Waals surface area contributed by atoms with E-state index >= 15 is 0 Å². The van der Waals surface area contributed by atoms with E-state index in [9.17, 15) is 4.79 Å². The second-order valence-corrected chi connectivity index (χ2v) is 4.02. The van der Waals surface area contributed by atoms with Crippen LogP contribution in [-0.2, 0) is 4.74 Å². The number of aromatic nitrogens is 2. The Morgan fingerprint density at radius 2 is 2.29 bits per heavy atom. The van der Waals surface area contributed by atoms with Gasteiger partial charge in [-0.05, 0) is 17.2 Å². The van der Waals surface area contributed by atoms with Crippen LogP contribution in [0.3, 0.4) is 0 Å². The van der Waals surface area contributed by atoms with Crippen LogP contribution in [-0.4, -0.2) is 22.9 Å². The summed E-state index contributed by atoms with van der Waals surface area (Å²) in [7, 11) is 0. The molecule has 2 heterocycles. The number of carbonyl (C=O) groups is 1. The lowest BCUT2D eigenvalue weighted by atomic mass is 10.1. The Morgan fingerprint density at radius 3 is 2.88 bits per heavy atom. The van der Waals surface area contributed by atoms with E-state index in [1.165, 1.54) is 11.3 Å². The highest BCUT2D eigenvalue weighted by molar-refractivity contribution is 7.14. The lowest BCUT2D eigenvalue weighted by molar-refractivity contribution is 0.0529. The van der Waals surface area contributed by atoms with Gasteiger partial charge in [-0.3, -0.25) is 0 Å². The zero-order valence-electron chi connectivity index (χ0n) is 8.97. The van der Waals surface area contributed by atoms with Gasteiger partial charge < -0.3 is 16.2 Å². The maximum absolute atomic E-state index is 11.7. The van der Waals surface area contributed by atoms with Gasteiger partial charge in [0.15, 0.2) is 11.5 Å². The fourth-order valence-corrected chi connectivity index (χ4v) is 2.13. The number of nitrogens with two attached hydrogens (primary N) is 2. The molecule has 0 radical (unpaired) electrons. The molecule has 8 heteroatoms. The summed E-state index contributed by atoms with van der Waals surface area (Å²) >= 11 is 1.20. The number of nitrogens with zero attached hydrogens (tertiary/aromatic N) is 2. The number of nitrogen functional groups attached to an aromatic ring is 2. The highest BCUT2D eigenvalue weighted by Gasteiger charge is 2.23. The molecule has 0 aromatic carbocycles. The third-order valence-corrected chi connectivity index (χ3v) is 2.88. The van der Waals surface area contributed by atoms with Gasteiger partial charge in [0.05, 0.1) is 6.61 Å². The first-order chi connectivity index (χ1) is 8.15. The monoisotopic (exact) mass is 254 g/mol. The van der Waals surface area contributed by atoms with Gasteiger partial charge in [0.1, 0.15) is 10.6 Å². The zero-order valence-corrected chi connectivity index (χ0v) is 9.78. The molecular weight excluding hydrogens is 244 g/mol. The second kappa shape index (κ2) is 4.42. The fourth-order valence-electron chi connectivity index (χ4n) is 1.34. The summed E-state index contributed by atoms with van der Waals surface area (Å²) in [5.74, 6) is -0.406. The van der Waals surface area contributed by atoms with E-state index in [-0.39, 0.29) is 18.0 Å². The van der Waals surface area contributed by atoms with Crippen LogP contribution in [0.5, 0.6) is 0 Å². The predicted octanol–water partition coefficient (Wildman–Crippen LogP) is 1.14. The van der Waals surface area contributed by atoms with Crippen molar-refractivity contribution in [3.63, 3.8) is 0 Å². The standard InChI is InChI=1S/C9H10N4O3S/c1-2-15-9(14)5-4(3-17-8(5)11)6-7(10)13-16-12-6/h3H,2,11H2,1H3,(H2,10,13). The molecule has 2 aromatic rings. The first kappa shape index (κ1) is 11.4. The number of ether oxygens (including phenoxy) is 1. The smallest absolute Gasteiger partial charge is 0.341 e. The van der Waals surface area contributed by atoms with Crippen molar-refractivity contribution in [3.8, 4) is 11.3 Å². The van der Waals surface area contributed by atoms with Crippen molar-refractivity contribution in [3.05, 3.63) is 10.9 Å². The van der Waals surface area contributed by atoms with Crippen molar-refractivity contribution in [2.45, 2.75) is 6.92 Å². The number of esters is 1. The van der Waals surface area contributed by atoms with E-state index in [0.717, 1.165) is 0 Å². The number of carbonyl (C=O) groups excluding carboxylic acids is 1. The molecule has 7 nitrogen and oxygen atoms in total. The molecule has 2 aromatic heterocycles. The SMILES string of the molecule is CCOC(=O)c1c(-c2nonc2N)csc1N. The van der Waals surface area contributed by atoms with Crippen LogP contribution in [0.1, 0.15) is 17.3 Å². The quantitative estimate of drug-likeness (QED) is 0.788. The number of hydrogen-bond donors (Lipinski definition) is 2. The first-order valence-corrected chi connectivity index (χ1v) is 5.65. The number of anilines is 2. The molecule has 0 aliphatic heterocycles.